The molecule has 7 heteroatoms. The molecule has 2 saturated heterocycles. The van der Waals surface area contributed by atoms with E-state index in [2.05, 4.69) is 53.4 Å². The predicted octanol–water partition coefficient (Wildman–Crippen LogP) is 1.45. The summed E-state index contributed by atoms with van der Waals surface area (Å²) in [6, 6.07) is 0.186. The maximum absolute atomic E-state index is 16.1. The minimum Gasteiger partial charge on any atom is -0.377 e. The molecular weight excluding hydrogens is 369 g/mol. The van der Waals surface area contributed by atoms with E-state index in [1.165, 1.54) is 5.57 Å². The number of hydrogen-bond acceptors (Lipinski definition) is 6. The number of ether oxygens (including phenoxy) is 1. The molecule has 8 atom stereocenters. The highest BCUT2D eigenvalue weighted by Gasteiger charge is 2.55. The van der Waals surface area contributed by atoms with Crippen LogP contribution in [0.25, 0.3) is 0 Å². The zero-order valence-electron chi connectivity index (χ0n) is 18.4. The summed E-state index contributed by atoms with van der Waals surface area (Å²) >= 11 is 0. The SMILES string of the molecule is CNC1CC(C)NC(NC2CC3C(OCC3(C)C)C(C3=CCNCCC3)C2F)N1. The van der Waals surface area contributed by atoms with Gasteiger partial charge in [-0.25, -0.2) is 4.39 Å². The molecule has 8 unspecified atom stereocenters. The monoisotopic (exact) mass is 409 g/mol. The van der Waals surface area contributed by atoms with E-state index in [0.29, 0.717) is 12.0 Å². The molecule has 5 N–H and O–H groups in total. The van der Waals surface area contributed by atoms with Crippen molar-refractivity contribution in [3.8, 4) is 0 Å². The van der Waals surface area contributed by atoms with E-state index in [4.69, 9.17) is 4.74 Å². The van der Waals surface area contributed by atoms with Crippen LogP contribution >= 0.6 is 0 Å². The lowest BCUT2D eigenvalue weighted by molar-refractivity contribution is -0.0283. The Hall–Kier alpha value is -0.570. The summed E-state index contributed by atoms with van der Waals surface area (Å²) in [6.07, 6.45) is 5.29. The Morgan fingerprint density at radius 1 is 1.24 bits per heavy atom. The third-order valence-electron chi connectivity index (χ3n) is 7.53. The molecule has 4 aliphatic rings. The lowest BCUT2D eigenvalue weighted by Crippen LogP contribution is -2.69. The molecule has 4 rings (SSSR count). The van der Waals surface area contributed by atoms with Crippen LogP contribution in [0.1, 0.15) is 46.5 Å². The van der Waals surface area contributed by atoms with Crippen LogP contribution in [0.3, 0.4) is 0 Å². The number of halogens is 1. The van der Waals surface area contributed by atoms with Gasteiger partial charge in [-0.15, -0.1) is 0 Å². The first-order valence-corrected chi connectivity index (χ1v) is 11.5. The van der Waals surface area contributed by atoms with Gasteiger partial charge in [-0.1, -0.05) is 25.5 Å². The molecular formula is C22H40FN5O. The van der Waals surface area contributed by atoms with Crippen LogP contribution in [-0.2, 0) is 4.74 Å². The molecule has 3 aliphatic heterocycles. The van der Waals surface area contributed by atoms with Crippen molar-refractivity contribution in [2.45, 2.75) is 83.3 Å². The Kier molecular flexibility index (Phi) is 6.64. The summed E-state index contributed by atoms with van der Waals surface area (Å²) in [4.78, 5) is 0. The van der Waals surface area contributed by atoms with Gasteiger partial charge in [0.1, 0.15) is 12.5 Å². The van der Waals surface area contributed by atoms with Crippen molar-refractivity contribution in [1.82, 2.24) is 26.6 Å². The van der Waals surface area contributed by atoms with Crippen LogP contribution in [0.2, 0.25) is 0 Å². The zero-order valence-corrected chi connectivity index (χ0v) is 18.4. The van der Waals surface area contributed by atoms with Gasteiger partial charge in [0.25, 0.3) is 0 Å². The number of alkyl halides is 1. The molecule has 0 aromatic rings. The highest BCUT2D eigenvalue weighted by Crippen LogP contribution is 2.51. The molecule has 0 aromatic carbocycles. The average molecular weight is 410 g/mol. The molecule has 0 aromatic heterocycles. The fourth-order valence-corrected chi connectivity index (χ4v) is 5.86. The van der Waals surface area contributed by atoms with E-state index in [0.717, 1.165) is 45.4 Å². The van der Waals surface area contributed by atoms with Gasteiger partial charge in [-0.05, 0) is 57.5 Å². The van der Waals surface area contributed by atoms with Crippen molar-refractivity contribution in [3.05, 3.63) is 11.6 Å². The average Bonchev–Trinajstić information content (AvgIpc) is 2.86. The summed E-state index contributed by atoms with van der Waals surface area (Å²) < 4.78 is 22.3. The second-order valence-corrected chi connectivity index (χ2v) is 10.2. The minimum absolute atomic E-state index is 0.00125. The molecule has 29 heavy (non-hydrogen) atoms. The fourth-order valence-electron chi connectivity index (χ4n) is 5.86. The zero-order chi connectivity index (χ0) is 20.6. The van der Waals surface area contributed by atoms with Crippen LogP contribution in [-0.4, -0.2) is 63.6 Å². The number of fused-ring (bicyclic) bond motifs is 1. The topological polar surface area (TPSA) is 69.4 Å². The standard InChI is InChI=1S/C22H40FN5O/c1-13-10-17(24-4)28-21(26-13)27-16-11-15-20(29-12-22(15,2)3)18(19(16)23)14-6-5-8-25-9-7-14/h7,13,15-21,24-28H,5-6,8-12H2,1-4H3. The van der Waals surface area contributed by atoms with Crippen LogP contribution < -0.4 is 26.6 Å². The molecule has 1 aliphatic carbocycles. The van der Waals surface area contributed by atoms with Crippen molar-refractivity contribution >= 4 is 0 Å². The predicted molar refractivity (Wildman–Crippen MR) is 114 cm³/mol. The molecule has 3 fully saturated rings. The van der Waals surface area contributed by atoms with E-state index < -0.39 is 6.17 Å². The Labute approximate surface area is 175 Å². The van der Waals surface area contributed by atoms with Crippen LogP contribution in [0.4, 0.5) is 4.39 Å². The van der Waals surface area contributed by atoms with E-state index in [1.807, 2.05) is 7.05 Å². The van der Waals surface area contributed by atoms with Gasteiger partial charge in [0, 0.05) is 24.5 Å². The Morgan fingerprint density at radius 3 is 2.86 bits per heavy atom. The van der Waals surface area contributed by atoms with Gasteiger partial charge in [0.05, 0.1) is 18.9 Å². The van der Waals surface area contributed by atoms with E-state index in [1.54, 1.807) is 0 Å². The van der Waals surface area contributed by atoms with Crippen LogP contribution in [0.5, 0.6) is 0 Å². The Bertz CT molecular complexity index is 600. The molecule has 0 spiro atoms. The first kappa shape index (κ1) is 21.7. The number of nitrogens with one attached hydrogen (secondary N) is 5. The Morgan fingerprint density at radius 2 is 2.07 bits per heavy atom. The molecule has 0 amide bonds. The summed E-state index contributed by atoms with van der Waals surface area (Å²) in [5.41, 5.74) is 1.34. The summed E-state index contributed by atoms with van der Waals surface area (Å²) in [5, 5.41) is 17.4. The fraction of sp³-hybridized carbons (Fsp3) is 0.909. The second-order valence-electron chi connectivity index (χ2n) is 10.2. The van der Waals surface area contributed by atoms with Crippen molar-refractivity contribution in [2.75, 3.05) is 26.7 Å². The summed E-state index contributed by atoms with van der Waals surface area (Å²) in [7, 11) is 1.97. The van der Waals surface area contributed by atoms with Crippen molar-refractivity contribution in [2.24, 2.45) is 17.3 Å². The first-order valence-electron chi connectivity index (χ1n) is 11.5. The van der Waals surface area contributed by atoms with Gasteiger partial charge in [-0.3, -0.25) is 16.0 Å². The molecule has 0 bridgehead atoms. The van der Waals surface area contributed by atoms with Gasteiger partial charge in [0.15, 0.2) is 0 Å². The van der Waals surface area contributed by atoms with Crippen LogP contribution in [0, 0.1) is 17.3 Å². The van der Waals surface area contributed by atoms with Crippen molar-refractivity contribution < 1.29 is 9.13 Å². The highest BCUT2D eigenvalue weighted by atomic mass is 19.1. The second kappa shape index (κ2) is 8.89. The molecule has 1 saturated carbocycles. The Balaban J connectivity index is 1.55. The third kappa shape index (κ3) is 4.55. The van der Waals surface area contributed by atoms with Crippen molar-refractivity contribution in [1.29, 1.82) is 0 Å². The maximum Gasteiger partial charge on any atom is 0.124 e. The maximum atomic E-state index is 16.1. The summed E-state index contributed by atoms with van der Waals surface area (Å²) in [5.74, 6) is 0.226. The van der Waals surface area contributed by atoms with Gasteiger partial charge >= 0.3 is 0 Å². The number of rotatable bonds is 4. The quantitative estimate of drug-likeness (QED) is 0.453. The van der Waals surface area contributed by atoms with Crippen LogP contribution in [0.15, 0.2) is 11.6 Å². The lowest BCUT2D eigenvalue weighted by atomic mass is 9.64. The normalized spacial score (nSPS) is 45.3. The highest BCUT2D eigenvalue weighted by molar-refractivity contribution is 5.19. The van der Waals surface area contributed by atoms with E-state index in [-0.39, 0.29) is 35.9 Å². The van der Waals surface area contributed by atoms with Crippen molar-refractivity contribution in [3.63, 3.8) is 0 Å². The lowest BCUT2D eigenvalue weighted by Gasteiger charge is -2.47. The largest absolute Gasteiger partial charge is 0.377 e. The smallest absolute Gasteiger partial charge is 0.124 e. The molecule has 166 valence electrons. The molecule has 0 radical (unpaired) electrons. The molecule has 6 nitrogen and oxygen atoms in total. The van der Waals surface area contributed by atoms with E-state index >= 15 is 4.39 Å². The van der Waals surface area contributed by atoms with Gasteiger partial charge in [0.2, 0.25) is 0 Å². The van der Waals surface area contributed by atoms with Gasteiger partial charge in [-0.2, -0.15) is 0 Å². The minimum atomic E-state index is -0.941. The summed E-state index contributed by atoms with van der Waals surface area (Å²) in [6.45, 7) is 9.31. The van der Waals surface area contributed by atoms with Gasteiger partial charge < -0.3 is 15.4 Å². The molecule has 3 heterocycles. The first-order chi connectivity index (χ1) is 13.9. The van der Waals surface area contributed by atoms with E-state index in [9.17, 15) is 0 Å². The third-order valence-corrected chi connectivity index (χ3v) is 7.53. The number of hydrogen-bond donors (Lipinski definition) is 5.